The van der Waals surface area contributed by atoms with E-state index in [0.29, 0.717) is 0 Å². The summed E-state index contributed by atoms with van der Waals surface area (Å²) < 4.78 is 35.2. The molecule has 6 heterocycles. The van der Waals surface area contributed by atoms with E-state index in [9.17, 15) is 0 Å². The molecule has 0 aliphatic carbocycles. The van der Waals surface area contributed by atoms with Gasteiger partial charge in [-0.25, -0.2) is 0 Å². The summed E-state index contributed by atoms with van der Waals surface area (Å²) in [4.78, 5) is 3.47. The molecule has 6 heteroatoms. The number of aromatic nitrogens is 2. The number of fused-ring (bicyclic) bond motifs is 22. The summed E-state index contributed by atoms with van der Waals surface area (Å²) in [5.41, 5.74) is 18.6. The number of rotatable bonds is 4. The monoisotopic (exact) mass is 1010 g/mol. The normalized spacial score (nSPS) is 14.5. The maximum atomic E-state index is 17.7. The third-order valence-corrected chi connectivity index (χ3v) is 22.0. The van der Waals surface area contributed by atoms with Crippen molar-refractivity contribution in [3.8, 4) is 55.9 Å². The zero-order valence-corrected chi connectivity index (χ0v) is 42.6. The van der Waals surface area contributed by atoms with Crippen LogP contribution >= 0.6 is 0 Å². The van der Waals surface area contributed by atoms with Gasteiger partial charge in [-0.2, -0.15) is 0 Å². The van der Waals surface area contributed by atoms with Gasteiger partial charge in [0.25, 0.3) is 0 Å². The van der Waals surface area contributed by atoms with E-state index in [1.54, 1.807) is 0 Å². The fraction of sp³-hybridized carbons (Fsp3) is 0. The van der Waals surface area contributed by atoms with Gasteiger partial charge in [0.2, 0.25) is 0 Å². The summed E-state index contributed by atoms with van der Waals surface area (Å²) in [5, 5.41) is 9.09. The maximum absolute atomic E-state index is 17.7. The number of hydrogen-bond acceptors (Lipinski definition) is 3. The van der Waals surface area contributed by atoms with Crippen molar-refractivity contribution < 1.29 is 13.0 Å². The van der Waals surface area contributed by atoms with E-state index < -0.39 is 9.07 Å². The molecule has 0 N–H and O–H groups in total. The molecule has 18 rings (SSSR count). The van der Waals surface area contributed by atoms with Crippen LogP contribution in [0.3, 0.4) is 0 Å². The van der Waals surface area contributed by atoms with Crippen molar-refractivity contribution in [3.63, 3.8) is 0 Å². The zero-order valence-electron chi connectivity index (χ0n) is 41.8. The molecular formula is C72H42N2O3S. The van der Waals surface area contributed by atoms with Crippen LogP contribution in [-0.2, 0) is 9.07 Å². The van der Waals surface area contributed by atoms with Crippen molar-refractivity contribution in [3.05, 3.63) is 255 Å². The van der Waals surface area contributed by atoms with Crippen LogP contribution in [-0.4, -0.2) is 13.3 Å². The highest BCUT2D eigenvalue weighted by Crippen LogP contribution is 2.71. The molecule has 2 aliphatic rings. The maximum Gasteiger partial charge on any atom is 0.136 e. The van der Waals surface area contributed by atoms with Crippen LogP contribution in [0.1, 0.15) is 0 Å². The van der Waals surface area contributed by atoms with Crippen molar-refractivity contribution in [2.45, 2.75) is 19.6 Å². The topological polar surface area (TPSA) is 53.2 Å². The summed E-state index contributed by atoms with van der Waals surface area (Å²) >= 11 is 0. The smallest absolute Gasteiger partial charge is 0.136 e. The minimum absolute atomic E-state index is 0.863. The minimum Gasteiger partial charge on any atom is -0.456 e. The van der Waals surface area contributed by atoms with E-state index >= 15 is 4.21 Å². The molecular weight excluding hydrogens is 973 g/mol. The molecule has 0 amide bonds. The summed E-state index contributed by atoms with van der Waals surface area (Å²) in [6.07, 6.45) is 0. The van der Waals surface area contributed by atoms with Crippen molar-refractivity contribution in [1.29, 1.82) is 0 Å². The lowest BCUT2D eigenvalue weighted by molar-refractivity contribution is 0.658. The Kier molecular flexibility index (Phi) is 8.06. The first kappa shape index (κ1) is 42.2. The molecule has 12 aromatic carbocycles. The second-order valence-electron chi connectivity index (χ2n) is 21.1. The highest BCUT2D eigenvalue weighted by Gasteiger charge is 2.57. The number of benzene rings is 12. The molecule has 2 aliphatic heterocycles. The van der Waals surface area contributed by atoms with Crippen LogP contribution in [0.2, 0.25) is 0 Å². The molecule has 0 bridgehead atoms. The van der Waals surface area contributed by atoms with Gasteiger partial charge in [-0.1, -0.05) is 146 Å². The number of para-hydroxylation sites is 4. The Hall–Kier alpha value is -10.0. The molecule has 0 fully saturated rings. The first-order valence-electron chi connectivity index (χ1n) is 26.5. The first-order valence-corrected chi connectivity index (χ1v) is 28.5. The van der Waals surface area contributed by atoms with E-state index in [0.717, 1.165) is 152 Å². The molecule has 0 unspecified atom stereocenters. The SMILES string of the molecule is O=S12(c3ccccc3-c3cc(-c4ccc(-n5c6ccccc6c6cc7oc8ccccc8c7cc65)cc4)ccc31)c1ccccc1-c1cc(-c3cccc(-n4c5ccccc5c5cc6oc7ccccc7c6cc54)c3)ccc12. The molecule has 0 atom stereocenters. The lowest BCUT2D eigenvalue weighted by Gasteiger charge is -2.38. The van der Waals surface area contributed by atoms with Crippen LogP contribution in [0, 0.1) is 0 Å². The summed E-state index contributed by atoms with van der Waals surface area (Å²) in [5.74, 6) is 0. The zero-order chi connectivity index (χ0) is 51.0. The molecule has 16 aromatic rings. The Morgan fingerprint density at radius 1 is 0.256 bits per heavy atom. The van der Waals surface area contributed by atoms with Crippen LogP contribution in [0.25, 0.3) is 143 Å². The van der Waals surface area contributed by atoms with Gasteiger partial charge in [-0.05, 0) is 154 Å². The predicted octanol–water partition coefficient (Wildman–Crippen LogP) is 19.3. The minimum atomic E-state index is -4.11. The van der Waals surface area contributed by atoms with Crippen LogP contribution in [0.5, 0.6) is 0 Å². The number of nitrogens with zero attached hydrogens (tertiary/aromatic N) is 2. The van der Waals surface area contributed by atoms with Crippen LogP contribution < -0.4 is 0 Å². The van der Waals surface area contributed by atoms with Gasteiger partial charge in [-0.3, -0.25) is 4.21 Å². The standard InChI is InChI=1S/C72H42N2O3S/c75-78(69-26-11-5-20-53(69)59-37-45(30-34-71(59)78)43-28-32-47(33-29-43)73-61-22-7-1-16-49(61)55-41-67-57(39-63(55)73)51-18-3-9-24-65(51)76-67)70-27-12-6-21-54(70)60-38-46(31-35-72(60)78)44-14-13-15-48(36-44)74-62-23-8-2-17-50(62)56-42-68-58(40-64(56)74)52-19-4-10-25-66(52)77-68/h1-42H. The summed E-state index contributed by atoms with van der Waals surface area (Å²) in [7, 11) is -4.11. The Balaban J connectivity index is 0.763. The molecule has 1 spiro atoms. The average molecular weight is 1020 g/mol. The van der Waals surface area contributed by atoms with Gasteiger partial charge in [0.15, 0.2) is 0 Å². The second kappa shape index (κ2) is 14.9. The quantitative estimate of drug-likeness (QED) is 0.177. The molecule has 364 valence electrons. The first-order chi connectivity index (χ1) is 38.5. The highest BCUT2D eigenvalue weighted by molar-refractivity contribution is 8.21. The summed E-state index contributed by atoms with van der Waals surface area (Å²) in [6, 6.07) is 90.5. The van der Waals surface area contributed by atoms with E-state index in [1.807, 2.05) is 24.3 Å². The van der Waals surface area contributed by atoms with Crippen molar-refractivity contribution in [1.82, 2.24) is 9.13 Å². The van der Waals surface area contributed by atoms with E-state index in [1.165, 1.54) is 10.8 Å². The molecule has 78 heavy (non-hydrogen) atoms. The third kappa shape index (κ3) is 5.27. The molecule has 0 radical (unpaired) electrons. The largest absolute Gasteiger partial charge is 0.456 e. The lowest BCUT2D eigenvalue weighted by atomic mass is 9.99. The van der Waals surface area contributed by atoms with Gasteiger partial charge in [0.1, 0.15) is 22.3 Å². The lowest BCUT2D eigenvalue weighted by Crippen LogP contribution is -2.30. The molecule has 0 saturated carbocycles. The summed E-state index contributed by atoms with van der Waals surface area (Å²) in [6.45, 7) is 0. The van der Waals surface area contributed by atoms with Crippen LogP contribution in [0.4, 0.5) is 0 Å². The van der Waals surface area contributed by atoms with E-state index in [2.05, 4.69) is 240 Å². The van der Waals surface area contributed by atoms with Gasteiger partial charge in [-0.15, -0.1) is 0 Å². The third-order valence-electron chi connectivity index (χ3n) is 17.2. The predicted molar refractivity (Wildman–Crippen MR) is 319 cm³/mol. The number of hydrogen-bond donors (Lipinski definition) is 0. The van der Waals surface area contributed by atoms with Gasteiger partial charge in [0, 0.05) is 83.1 Å². The second-order valence-corrected chi connectivity index (χ2v) is 24.7. The van der Waals surface area contributed by atoms with Crippen molar-refractivity contribution >= 4 is 96.6 Å². The fourth-order valence-corrected chi connectivity index (χ4v) is 19.0. The Labute approximate surface area is 446 Å². The number of furan rings is 2. The van der Waals surface area contributed by atoms with E-state index in [4.69, 9.17) is 8.83 Å². The molecule has 5 nitrogen and oxygen atoms in total. The van der Waals surface area contributed by atoms with Gasteiger partial charge < -0.3 is 18.0 Å². The van der Waals surface area contributed by atoms with Crippen LogP contribution in [0.15, 0.2) is 283 Å². The fourth-order valence-electron chi connectivity index (χ4n) is 13.8. The van der Waals surface area contributed by atoms with Gasteiger partial charge >= 0.3 is 0 Å². The Morgan fingerprint density at radius 2 is 0.692 bits per heavy atom. The molecule has 4 aromatic heterocycles. The van der Waals surface area contributed by atoms with Crippen molar-refractivity contribution in [2.24, 2.45) is 0 Å². The highest BCUT2D eigenvalue weighted by atomic mass is 32.3. The molecule has 0 saturated heterocycles. The Morgan fingerprint density at radius 3 is 1.26 bits per heavy atom. The average Bonchev–Trinajstić information content (AvgIpc) is 2.26. The van der Waals surface area contributed by atoms with Gasteiger partial charge in [0.05, 0.1) is 22.1 Å². The Bertz CT molecular complexity index is 5420. The van der Waals surface area contributed by atoms with E-state index in [-0.39, 0.29) is 0 Å². The van der Waals surface area contributed by atoms with Crippen molar-refractivity contribution in [2.75, 3.05) is 0 Å².